The first-order valence-electron chi connectivity index (χ1n) is 5.76. The van der Waals surface area contributed by atoms with E-state index in [2.05, 4.69) is 10.3 Å². The van der Waals surface area contributed by atoms with Gasteiger partial charge >= 0.3 is 6.18 Å². The Kier molecular flexibility index (Phi) is 2.99. The lowest BCUT2D eigenvalue weighted by atomic mass is 9.87. The molecule has 1 aliphatic heterocycles. The average molecular weight is 307 g/mol. The Bertz CT molecular complexity index is 617. The van der Waals surface area contributed by atoms with Crippen molar-refractivity contribution in [3.05, 3.63) is 28.2 Å². The number of fused-ring (bicyclic) bond motifs is 1. The van der Waals surface area contributed by atoms with Crippen molar-refractivity contribution in [2.75, 3.05) is 13.1 Å². The Morgan fingerprint density at radius 2 is 2.16 bits per heavy atom. The molecule has 2 heterocycles. The van der Waals surface area contributed by atoms with Crippen LogP contribution in [-0.4, -0.2) is 24.2 Å². The third-order valence-electron chi connectivity index (χ3n) is 3.46. The SMILES string of the molecule is FC(F)(F)C1(c2nc3ccc(Cl)cc3s2)CCNC1. The molecule has 2 aromatic rings. The molecule has 1 saturated heterocycles. The number of halogens is 4. The molecule has 7 heteroatoms. The van der Waals surface area contributed by atoms with Gasteiger partial charge in [-0.2, -0.15) is 13.2 Å². The molecule has 0 bridgehead atoms. The van der Waals surface area contributed by atoms with Gasteiger partial charge in [-0.1, -0.05) is 11.6 Å². The summed E-state index contributed by atoms with van der Waals surface area (Å²) < 4.78 is 40.9. The van der Waals surface area contributed by atoms with Crippen molar-refractivity contribution in [3.63, 3.8) is 0 Å². The fraction of sp³-hybridized carbons (Fsp3) is 0.417. The zero-order chi connectivity index (χ0) is 13.7. The summed E-state index contributed by atoms with van der Waals surface area (Å²) in [5, 5.41) is 3.43. The molecule has 3 rings (SSSR count). The lowest BCUT2D eigenvalue weighted by Gasteiger charge is -2.28. The lowest BCUT2D eigenvalue weighted by Crippen LogP contribution is -2.44. The second-order valence-electron chi connectivity index (χ2n) is 4.64. The second kappa shape index (κ2) is 4.33. The average Bonchev–Trinajstić information content (AvgIpc) is 2.93. The van der Waals surface area contributed by atoms with E-state index >= 15 is 0 Å². The summed E-state index contributed by atoms with van der Waals surface area (Å²) in [6, 6.07) is 4.95. The van der Waals surface area contributed by atoms with Gasteiger partial charge in [-0.15, -0.1) is 11.3 Å². The molecule has 102 valence electrons. The summed E-state index contributed by atoms with van der Waals surface area (Å²) in [7, 11) is 0. The molecule has 1 fully saturated rings. The highest BCUT2D eigenvalue weighted by Crippen LogP contribution is 2.47. The molecular formula is C12H10ClF3N2S. The van der Waals surface area contributed by atoms with E-state index in [1.54, 1.807) is 18.2 Å². The second-order valence-corrected chi connectivity index (χ2v) is 6.10. The largest absolute Gasteiger partial charge is 0.402 e. The summed E-state index contributed by atoms with van der Waals surface area (Å²) in [5.74, 6) is 0. The Balaban J connectivity index is 2.16. The Hall–Kier alpha value is -0.850. The molecule has 0 spiro atoms. The number of nitrogens with zero attached hydrogens (tertiary/aromatic N) is 1. The quantitative estimate of drug-likeness (QED) is 0.868. The van der Waals surface area contributed by atoms with Gasteiger partial charge in [-0.3, -0.25) is 0 Å². The van der Waals surface area contributed by atoms with Gasteiger partial charge < -0.3 is 5.32 Å². The van der Waals surface area contributed by atoms with Crippen LogP contribution < -0.4 is 5.32 Å². The van der Waals surface area contributed by atoms with Crippen LogP contribution in [0.3, 0.4) is 0 Å². The highest BCUT2D eigenvalue weighted by molar-refractivity contribution is 7.18. The monoisotopic (exact) mass is 306 g/mol. The standard InChI is InChI=1S/C12H10ClF3N2S/c13-7-1-2-8-9(5-7)19-10(18-8)11(12(14,15)16)3-4-17-6-11/h1-2,5,17H,3-4,6H2. The molecular weight excluding hydrogens is 297 g/mol. The number of aromatic nitrogens is 1. The number of hydrogen-bond donors (Lipinski definition) is 1. The Morgan fingerprint density at radius 3 is 2.79 bits per heavy atom. The summed E-state index contributed by atoms with van der Waals surface area (Å²) >= 11 is 6.94. The van der Waals surface area contributed by atoms with Crippen LogP contribution in [0.1, 0.15) is 11.4 Å². The number of alkyl halides is 3. The van der Waals surface area contributed by atoms with Gasteiger partial charge in [0.25, 0.3) is 0 Å². The molecule has 1 aliphatic rings. The zero-order valence-electron chi connectivity index (χ0n) is 9.72. The van der Waals surface area contributed by atoms with Gasteiger partial charge in [0.05, 0.1) is 10.2 Å². The Morgan fingerprint density at radius 1 is 1.37 bits per heavy atom. The first kappa shape index (κ1) is 13.1. The molecule has 0 radical (unpaired) electrons. The molecule has 19 heavy (non-hydrogen) atoms. The minimum Gasteiger partial charge on any atom is -0.315 e. The fourth-order valence-electron chi connectivity index (χ4n) is 2.34. The lowest BCUT2D eigenvalue weighted by molar-refractivity contribution is -0.184. The van der Waals surface area contributed by atoms with Crippen LogP contribution in [0, 0.1) is 0 Å². The predicted octanol–water partition coefficient (Wildman–Crippen LogP) is 3.74. The van der Waals surface area contributed by atoms with Gasteiger partial charge in [0, 0.05) is 11.6 Å². The zero-order valence-corrected chi connectivity index (χ0v) is 11.3. The summed E-state index contributed by atoms with van der Waals surface area (Å²) in [4.78, 5) is 4.17. The minimum atomic E-state index is -4.30. The molecule has 1 aromatic carbocycles. The van der Waals surface area contributed by atoms with Gasteiger partial charge in [-0.05, 0) is 31.2 Å². The van der Waals surface area contributed by atoms with Crippen LogP contribution in [0.5, 0.6) is 0 Å². The van der Waals surface area contributed by atoms with Crippen molar-refractivity contribution >= 4 is 33.2 Å². The van der Waals surface area contributed by atoms with Crippen LogP contribution in [-0.2, 0) is 5.41 Å². The third kappa shape index (κ3) is 2.02. The van der Waals surface area contributed by atoms with E-state index in [1.165, 1.54) is 0 Å². The van der Waals surface area contributed by atoms with E-state index in [9.17, 15) is 13.2 Å². The number of thiazole rings is 1. The smallest absolute Gasteiger partial charge is 0.315 e. The van der Waals surface area contributed by atoms with Crippen molar-refractivity contribution < 1.29 is 13.2 Å². The van der Waals surface area contributed by atoms with E-state index in [-0.39, 0.29) is 18.0 Å². The molecule has 1 unspecified atom stereocenters. The maximum absolute atomic E-state index is 13.4. The van der Waals surface area contributed by atoms with Gasteiger partial charge in [-0.25, -0.2) is 4.98 Å². The topological polar surface area (TPSA) is 24.9 Å². The normalized spacial score (nSPS) is 24.2. The highest BCUT2D eigenvalue weighted by Gasteiger charge is 2.59. The van der Waals surface area contributed by atoms with Crippen LogP contribution in [0.15, 0.2) is 18.2 Å². The first-order chi connectivity index (χ1) is 8.92. The van der Waals surface area contributed by atoms with Crippen molar-refractivity contribution in [1.29, 1.82) is 0 Å². The molecule has 2 nitrogen and oxygen atoms in total. The maximum atomic E-state index is 13.4. The molecule has 1 N–H and O–H groups in total. The van der Waals surface area contributed by atoms with Crippen molar-refractivity contribution in [2.45, 2.75) is 18.0 Å². The fourth-order valence-corrected chi connectivity index (χ4v) is 3.82. The van der Waals surface area contributed by atoms with E-state index in [0.717, 1.165) is 11.3 Å². The molecule has 0 saturated carbocycles. The van der Waals surface area contributed by atoms with Crippen LogP contribution >= 0.6 is 22.9 Å². The van der Waals surface area contributed by atoms with Crippen LogP contribution in [0.25, 0.3) is 10.2 Å². The molecule has 0 aliphatic carbocycles. The summed E-state index contributed by atoms with van der Waals surface area (Å²) in [6.07, 6.45) is -4.27. The first-order valence-corrected chi connectivity index (χ1v) is 6.96. The van der Waals surface area contributed by atoms with E-state index in [1.807, 2.05) is 0 Å². The number of hydrogen-bond acceptors (Lipinski definition) is 3. The molecule has 0 amide bonds. The van der Waals surface area contributed by atoms with Gasteiger partial charge in [0.15, 0.2) is 0 Å². The summed E-state index contributed by atoms with van der Waals surface area (Å²) in [6.45, 7) is 0.250. The van der Waals surface area contributed by atoms with Crippen molar-refractivity contribution in [2.24, 2.45) is 0 Å². The third-order valence-corrected chi connectivity index (χ3v) is 4.92. The molecule has 1 atom stereocenters. The van der Waals surface area contributed by atoms with Crippen molar-refractivity contribution in [3.8, 4) is 0 Å². The van der Waals surface area contributed by atoms with Crippen LogP contribution in [0.4, 0.5) is 13.2 Å². The van der Waals surface area contributed by atoms with E-state index in [4.69, 9.17) is 11.6 Å². The predicted molar refractivity (Wildman–Crippen MR) is 69.8 cm³/mol. The van der Waals surface area contributed by atoms with Gasteiger partial charge in [0.2, 0.25) is 0 Å². The number of nitrogens with one attached hydrogen (secondary N) is 1. The van der Waals surface area contributed by atoms with Crippen LogP contribution in [0.2, 0.25) is 5.02 Å². The van der Waals surface area contributed by atoms with E-state index < -0.39 is 11.6 Å². The number of benzene rings is 1. The molecule has 1 aromatic heterocycles. The highest BCUT2D eigenvalue weighted by atomic mass is 35.5. The number of rotatable bonds is 1. The summed E-state index contributed by atoms with van der Waals surface area (Å²) in [5.41, 5.74) is -1.29. The minimum absolute atomic E-state index is 0.0318. The Labute approximate surface area is 116 Å². The maximum Gasteiger partial charge on any atom is 0.402 e. The van der Waals surface area contributed by atoms with Crippen molar-refractivity contribution in [1.82, 2.24) is 10.3 Å². The van der Waals surface area contributed by atoms with Gasteiger partial charge in [0.1, 0.15) is 10.4 Å². The van der Waals surface area contributed by atoms with E-state index in [0.29, 0.717) is 21.8 Å².